The van der Waals surface area contributed by atoms with Crippen LogP contribution in [0.25, 0.3) is 4.72 Å². The maximum Gasteiger partial charge on any atom is 1.00 e. The molecule has 0 spiro atoms. The first-order chi connectivity index (χ1) is 14.1. The van der Waals surface area contributed by atoms with E-state index in [4.69, 9.17) is 4.74 Å². The standard InChI is InChI=1S/C19H12F4N2O4S.Na/c20-16-10-12(19(21,22)23)6-8-15(16)18(26)25-30(27,28)14-7-9-17(24-11-14)29-13-4-2-1-3-5-13;/h1-11H,(H,25,26);/q;+1/p-1. The molecule has 0 fully saturated rings. The molecule has 31 heavy (non-hydrogen) atoms. The Kier molecular flexibility index (Phi) is 7.82. The van der Waals surface area contributed by atoms with Crippen LogP contribution in [0.4, 0.5) is 17.6 Å². The van der Waals surface area contributed by atoms with Crippen molar-refractivity contribution < 1.29 is 65.1 Å². The first kappa shape index (κ1) is 24.8. The van der Waals surface area contributed by atoms with Gasteiger partial charge in [0.1, 0.15) is 21.6 Å². The Bertz CT molecular complexity index is 1170. The van der Waals surface area contributed by atoms with Gasteiger partial charge >= 0.3 is 35.7 Å². The number of halogens is 4. The van der Waals surface area contributed by atoms with Gasteiger partial charge in [0.05, 0.1) is 16.4 Å². The van der Waals surface area contributed by atoms with E-state index in [2.05, 4.69) is 9.71 Å². The minimum Gasteiger partial charge on any atom is -0.537 e. The van der Waals surface area contributed by atoms with Crippen LogP contribution in [0.15, 0.2) is 71.8 Å². The number of carbonyl (C=O) groups is 1. The number of para-hydroxylation sites is 1. The molecule has 12 heteroatoms. The molecule has 0 saturated heterocycles. The fourth-order valence-corrected chi connectivity index (χ4v) is 3.11. The molecule has 156 valence electrons. The monoisotopic (exact) mass is 462 g/mol. The zero-order valence-corrected chi connectivity index (χ0v) is 18.6. The molecule has 0 bridgehead atoms. The molecule has 3 rings (SSSR count). The maximum atomic E-state index is 13.9. The van der Waals surface area contributed by atoms with Crippen LogP contribution in [0, 0.1) is 5.82 Å². The summed E-state index contributed by atoms with van der Waals surface area (Å²) in [7, 11) is -4.58. The van der Waals surface area contributed by atoms with Crippen molar-refractivity contribution >= 4 is 15.9 Å². The van der Waals surface area contributed by atoms with E-state index in [0.29, 0.717) is 17.9 Å². The summed E-state index contributed by atoms with van der Waals surface area (Å²) in [5.41, 5.74) is -2.24. The minimum atomic E-state index is -4.82. The summed E-state index contributed by atoms with van der Waals surface area (Å²) in [4.78, 5) is 15.3. The summed E-state index contributed by atoms with van der Waals surface area (Å²) >= 11 is 0. The van der Waals surface area contributed by atoms with Crippen molar-refractivity contribution in [3.05, 3.63) is 88.5 Å². The van der Waals surface area contributed by atoms with Gasteiger partial charge in [-0.05, 0) is 36.4 Å². The van der Waals surface area contributed by atoms with Crippen molar-refractivity contribution in [2.24, 2.45) is 0 Å². The second kappa shape index (κ2) is 9.77. The van der Waals surface area contributed by atoms with E-state index in [1.807, 2.05) is 0 Å². The average Bonchev–Trinajstić information content (AvgIpc) is 2.68. The Morgan fingerprint density at radius 1 is 1.00 bits per heavy atom. The zero-order chi connectivity index (χ0) is 21.9. The molecule has 0 saturated carbocycles. The fraction of sp³-hybridized carbons (Fsp3) is 0.0526. The van der Waals surface area contributed by atoms with Crippen LogP contribution in [0.2, 0.25) is 0 Å². The van der Waals surface area contributed by atoms with Crippen LogP contribution in [0.5, 0.6) is 11.6 Å². The van der Waals surface area contributed by atoms with Gasteiger partial charge in [-0.25, -0.2) is 17.8 Å². The fourth-order valence-electron chi connectivity index (χ4n) is 2.26. The number of amides is 1. The van der Waals surface area contributed by atoms with Gasteiger partial charge in [0.25, 0.3) is 0 Å². The number of alkyl halides is 3. The van der Waals surface area contributed by atoms with Gasteiger partial charge in [0.15, 0.2) is 0 Å². The molecule has 1 aromatic heterocycles. The number of hydrogen-bond acceptors (Lipinski definition) is 5. The summed E-state index contributed by atoms with van der Waals surface area (Å²) in [5.74, 6) is -2.57. The number of sulfonamides is 1. The number of nitrogens with zero attached hydrogens (tertiary/aromatic N) is 2. The average molecular weight is 462 g/mol. The molecular weight excluding hydrogens is 451 g/mol. The third-order valence-corrected chi connectivity index (χ3v) is 4.95. The molecule has 3 aromatic rings. The van der Waals surface area contributed by atoms with Crippen molar-refractivity contribution in [1.29, 1.82) is 0 Å². The molecule has 0 radical (unpaired) electrons. The molecule has 0 unspecified atom stereocenters. The number of rotatable bonds is 5. The van der Waals surface area contributed by atoms with Gasteiger partial charge in [0.2, 0.25) is 5.88 Å². The third-order valence-electron chi connectivity index (χ3n) is 3.70. The van der Waals surface area contributed by atoms with E-state index < -0.39 is 43.9 Å². The quantitative estimate of drug-likeness (QED) is 0.427. The van der Waals surface area contributed by atoms with Gasteiger partial charge in [-0.1, -0.05) is 18.2 Å². The van der Waals surface area contributed by atoms with Crippen LogP contribution >= 0.6 is 0 Å². The second-order valence-electron chi connectivity index (χ2n) is 5.81. The minimum absolute atomic E-state index is 0. The van der Waals surface area contributed by atoms with Crippen molar-refractivity contribution in [1.82, 2.24) is 4.98 Å². The third kappa shape index (κ3) is 6.26. The summed E-state index contributed by atoms with van der Waals surface area (Å²) in [6.45, 7) is 0. The van der Waals surface area contributed by atoms with Crippen LogP contribution in [-0.2, 0) is 16.2 Å². The van der Waals surface area contributed by atoms with Crippen molar-refractivity contribution in [2.45, 2.75) is 11.1 Å². The van der Waals surface area contributed by atoms with E-state index >= 15 is 0 Å². The van der Waals surface area contributed by atoms with E-state index in [1.54, 1.807) is 30.3 Å². The summed E-state index contributed by atoms with van der Waals surface area (Å²) in [6, 6.07) is 11.9. The Balaban J connectivity index is 0.00000341. The molecular formula is C19H11F4N2NaO4S. The van der Waals surface area contributed by atoms with Gasteiger partial charge in [-0.2, -0.15) is 13.2 Å². The van der Waals surface area contributed by atoms with Crippen molar-refractivity contribution in [3.63, 3.8) is 0 Å². The van der Waals surface area contributed by atoms with E-state index in [1.165, 1.54) is 6.07 Å². The predicted octanol–water partition coefficient (Wildman–Crippen LogP) is 1.94. The Morgan fingerprint density at radius 3 is 2.23 bits per heavy atom. The number of ether oxygens (including phenoxy) is 1. The largest absolute Gasteiger partial charge is 1.00 e. The number of carbonyl (C=O) groups excluding carboxylic acids is 1. The predicted molar refractivity (Wildman–Crippen MR) is 97.0 cm³/mol. The first-order valence-corrected chi connectivity index (χ1v) is 9.58. The Hall–Kier alpha value is -2.47. The number of pyridine rings is 1. The molecule has 6 nitrogen and oxygen atoms in total. The molecule has 0 aliphatic heterocycles. The van der Waals surface area contributed by atoms with E-state index in [-0.39, 0.29) is 41.5 Å². The van der Waals surface area contributed by atoms with Crippen LogP contribution in [-0.4, -0.2) is 19.3 Å². The molecule has 0 N–H and O–H groups in total. The van der Waals surface area contributed by atoms with Gasteiger partial charge in [-0.15, -0.1) is 0 Å². The number of aromatic nitrogens is 1. The van der Waals surface area contributed by atoms with Gasteiger partial charge in [0, 0.05) is 17.8 Å². The topological polar surface area (TPSA) is 87.4 Å². The smallest absolute Gasteiger partial charge is 0.537 e. The number of hydrogen-bond donors (Lipinski definition) is 0. The Labute approximate surface area is 196 Å². The molecule has 0 aliphatic carbocycles. The van der Waals surface area contributed by atoms with Gasteiger partial charge in [-0.3, -0.25) is 0 Å². The summed E-state index contributed by atoms with van der Waals surface area (Å²) in [5, 5.41) is 0. The molecule has 1 amide bonds. The maximum absolute atomic E-state index is 13.9. The van der Waals surface area contributed by atoms with Crippen LogP contribution in [0.1, 0.15) is 15.9 Å². The SMILES string of the molecule is O=C([N-]S(=O)(=O)c1ccc(Oc2ccccc2)nc1)c1ccc(C(F)(F)F)cc1F.[Na+]. The molecule has 1 heterocycles. The number of benzene rings is 2. The molecule has 0 aliphatic rings. The molecule has 2 aromatic carbocycles. The molecule has 0 atom stereocenters. The summed E-state index contributed by atoms with van der Waals surface area (Å²) < 4.78 is 84.4. The summed E-state index contributed by atoms with van der Waals surface area (Å²) in [6.07, 6.45) is -3.94. The van der Waals surface area contributed by atoms with Crippen LogP contribution < -0.4 is 34.3 Å². The Morgan fingerprint density at radius 2 is 1.68 bits per heavy atom. The van der Waals surface area contributed by atoms with E-state index in [9.17, 15) is 30.8 Å². The normalized spacial score (nSPS) is 11.4. The van der Waals surface area contributed by atoms with Crippen molar-refractivity contribution in [2.75, 3.05) is 0 Å². The second-order valence-corrected chi connectivity index (χ2v) is 7.42. The van der Waals surface area contributed by atoms with E-state index in [0.717, 1.165) is 12.3 Å². The van der Waals surface area contributed by atoms with Gasteiger partial charge < -0.3 is 14.3 Å². The van der Waals surface area contributed by atoms with Crippen LogP contribution in [0.3, 0.4) is 0 Å². The van der Waals surface area contributed by atoms with Crippen molar-refractivity contribution in [3.8, 4) is 11.6 Å². The first-order valence-electron chi connectivity index (χ1n) is 8.14. The zero-order valence-electron chi connectivity index (χ0n) is 15.8.